The molecule has 0 saturated carbocycles. The molecule has 20 heavy (non-hydrogen) atoms. The summed E-state index contributed by atoms with van der Waals surface area (Å²) in [5, 5.41) is 4.23. The van der Waals surface area contributed by atoms with Crippen molar-refractivity contribution in [2.24, 2.45) is 0 Å². The van der Waals surface area contributed by atoms with Gasteiger partial charge in [0.15, 0.2) is 0 Å². The molecule has 1 heterocycles. The topological polar surface area (TPSA) is 17.8 Å². The molecule has 0 spiro atoms. The van der Waals surface area contributed by atoms with Gasteiger partial charge in [-0.2, -0.15) is 5.10 Å². The minimum atomic E-state index is 0.990. The summed E-state index contributed by atoms with van der Waals surface area (Å²) in [5.41, 5.74) is 3.76. The molecule has 2 aromatic carbocycles. The molecule has 0 aliphatic rings. The predicted octanol–water partition coefficient (Wildman–Crippen LogP) is 4.47. The van der Waals surface area contributed by atoms with E-state index in [-0.39, 0.29) is 0 Å². The van der Waals surface area contributed by atoms with Crippen molar-refractivity contribution in [3.63, 3.8) is 0 Å². The Labute approximate surface area is 123 Å². The van der Waals surface area contributed by atoms with Gasteiger partial charge in [-0.15, -0.1) is 11.8 Å². The van der Waals surface area contributed by atoms with Crippen LogP contribution in [0.15, 0.2) is 71.9 Å². The van der Waals surface area contributed by atoms with Crippen LogP contribution in [0, 0.1) is 6.92 Å². The first kappa shape index (κ1) is 13.0. The summed E-state index contributed by atoms with van der Waals surface area (Å²) in [6.45, 7) is 2.16. The molecule has 0 amide bonds. The standard InChI is InChI=1S/C17H16N2S/c1-14-5-2-3-6-17(14)20-13-15-7-9-16(10-8-15)19-12-4-11-18-19/h2-12H,13H2,1H3. The zero-order chi connectivity index (χ0) is 13.8. The first-order chi connectivity index (χ1) is 9.83. The number of benzene rings is 2. The van der Waals surface area contributed by atoms with E-state index in [1.165, 1.54) is 16.0 Å². The van der Waals surface area contributed by atoms with Crippen molar-refractivity contribution in [2.45, 2.75) is 17.6 Å². The zero-order valence-corrected chi connectivity index (χ0v) is 12.2. The maximum absolute atomic E-state index is 4.23. The van der Waals surface area contributed by atoms with Crippen LogP contribution in [-0.2, 0) is 5.75 Å². The summed E-state index contributed by atoms with van der Waals surface area (Å²) < 4.78 is 1.87. The van der Waals surface area contributed by atoms with E-state index in [2.05, 4.69) is 60.6 Å². The normalized spacial score (nSPS) is 10.7. The molecule has 0 aliphatic carbocycles. The maximum Gasteiger partial charge on any atom is 0.0645 e. The van der Waals surface area contributed by atoms with Gasteiger partial charge in [0.25, 0.3) is 0 Å². The Morgan fingerprint density at radius 2 is 1.80 bits per heavy atom. The number of aryl methyl sites for hydroxylation is 1. The molecule has 3 rings (SSSR count). The second-order valence-electron chi connectivity index (χ2n) is 4.67. The fourth-order valence-corrected chi connectivity index (χ4v) is 3.03. The Kier molecular flexibility index (Phi) is 3.88. The zero-order valence-electron chi connectivity index (χ0n) is 11.4. The Morgan fingerprint density at radius 1 is 1.00 bits per heavy atom. The van der Waals surface area contributed by atoms with E-state index >= 15 is 0 Å². The predicted molar refractivity (Wildman–Crippen MR) is 84.3 cm³/mol. The molecule has 0 atom stereocenters. The molecule has 0 radical (unpaired) electrons. The lowest BCUT2D eigenvalue weighted by atomic mass is 10.2. The Balaban J connectivity index is 1.68. The summed E-state index contributed by atoms with van der Waals surface area (Å²) in [6.07, 6.45) is 3.75. The monoisotopic (exact) mass is 280 g/mol. The lowest BCUT2D eigenvalue weighted by molar-refractivity contribution is 0.880. The van der Waals surface area contributed by atoms with Crippen molar-refractivity contribution < 1.29 is 0 Å². The highest BCUT2D eigenvalue weighted by Gasteiger charge is 2.00. The summed E-state index contributed by atoms with van der Waals surface area (Å²) in [5.74, 6) is 0.990. The van der Waals surface area contributed by atoms with Crippen LogP contribution in [0.1, 0.15) is 11.1 Å². The molecule has 0 unspecified atom stereocenters. The van der Waals surface area contributed by atoms with Gasteiger partial charge in [0.1, 0.15) is 0 Å². The molecular formula is C17H16N2S. The van der Waals surface area contributed by atoms with Crippen LogP contribution in [0.5, 0.6) is 0 Å². The number of thioether (sulfide) groups is 1. The van der Waals surface area contributed by atoms with Crippen LogP contribution in [0.3, 0.4) is 0 Å². The SMILES string of the molecule is Cc1ccccc1SCc1ccc(-n2cccn2)cc1. The first-order valence-corrected chi connectivity index (χ1v) is 7.59. The Hall–Kier alpha value is -2.00. The second-order valence-corrected chi connectivity index (χ2v) is 5.69. The van der Waals surface area contributed by atoms with E-state index in [0.717, 1.165) is 11.4 Å². The molecule has 1 aromatic heterocycles. The van der Waals surface area contributed by atoms with Gasteiger partial charge in [0.2, 0.25) is 0 Å². The largest absolute Gasteiger partial charge is 0.241 e. The summed E-state index contributed by atoms with van der Waals surface area (Å²) in [6, 6.07) is 19.0. The van der Waals surface area contributed by atoms with Crippen LogP contribution in [0.4, 0.5) is 0 Å². The van der Waals surface area contributed by atoms with Crippen LogP contribution < -0.4 is 0 Å². The molecule has 100 valence electrons. The summed E-state index contributed by atoms with van der Waals surface area (Å²) in [7, 11) is 0. The lowest BCUT2D eigenvalue weighted by Crippen LogP contribution is -1.94. The molecule has 0 N–H and O–H groups in total. The van der Waals surface area contributed by atoms with Crippen molar-refractivity contribution >= 4 is 11.8 Å². The Morgan fingerprint density at radius 3 is 2.50 bits per heavy atom. The van der Waals surface area contributed by atoms with Crippen molar-refractivity contribution in [3.8, 4) is 5.69 Å². The first-order valence-electron chi connectivity index (χ1n) is 6.60. The third-order valence-corrected chi connectivity index (χ3v) is 4.44. The third kappa shape index (κ3) is 2.94. The van der Waals surface area contributed by atoms with Gasteiger partial charge in [-0.25, -0.2) is 4.68 Å². The molecule has 2 nitrogen and oxygen atoms in total. The molecule has 0 fully saturated rings. The second kappa shape index (κ2) is 5.97. The van der Waals surface area contributed by atoms with Gasteiger partial charge in [0.05, 0.1) is 5.69 Å². The number of hydrogen-bond donors (Lipinski definition) is 0. The maximum atomic E-state index is 4.23. The van der Waals surface area contributed by atoms with E-state index in [1.54, 1.807) is 6.20 Å². The van der Waals surface area contributed by atoms with Crippen molar-refractivity contribution in [1.29, 1.82) is 0 Å². The highest BCUT2D eigenvalue weighted by atomic mass is 32.2. The van der Waals surface area contributed by atoms with Gasteiger partial charge >= 0.3 is 0 Å². The summed E-state index contributed by atoms with van der Waals surface area (Å²) >= 11 is 1.88. The molecule has 3 heteroatoms. The van der Waals surface area contributed by atoms with Crippen LogP contribution in [0.2, 0.25) is 0 Å². The van der Waals surface area contributed by atoms with E-state index in [0.29, 0.717) is 0 Å². The van der Waals surface area contributed by atoms with Crippen LogP contribution in [-0.4, -0.2) is 9.78 Å². The van der Waals surface area contributed by atoms with Crippen LogP contribution in [0.25, 0.3) is 5.69 Å². The number of aromatic nitrogens is 2. The average molecular weight is 280 g/mol. The van der Waals surface area contributed by atoms with E-state index in [1.807, 2.05) is 28.7 Å². The molecule has 0 saturated heterocycles. The average Bonchev–Trinajstić information content (AvgIpc) is 3.01. The number of hydrogen-bond acceptors (Lipinski definition) is 2. The highest BCUT2D eigenvalue weighted by Crippen LogP contribution is 2.25. The van der Waals surface area contributed by atoms with Crippen molar-refractivity contribution in [2.75, 3.05) is 0 Å². The van der Waals surface area contributed by atoms with Gasteiger partial charge in [-0.05, 0) is 42.3 Å². The molecule has 0 aliphatic heterocycles. The van der Waals surface area contributed by atoms with Gasteiger partial charge in [-0.3, -0.25) is 0 Å². The van der Waals surface area contributed by atoms with Gasteiger partial charge < -0.3 is 0 Å². The Bertz CT molecular complexity index is 672. The number of rotatable bonds is 4. The van der Waals surface area contributed by atoms with E-state index in [4.69, 9.17) is 0 Å². The fourth-order valence-electron chi connectivity index (χ4n) is 2.05. The minimum Gasteiger partial charge on any atom is -0.241 e. The molecular weight excluding hydrogens is 264 g/mol. The highest BCUT2D eigenvalue weighted by molar-refractivity contribution is 7.98. The minimum absolute atomic E-state index is 0.990. The molecule has 3 aromatic rings. The van der Waals surface area contributed by atoms with Crippen LogP contribution >= 0.6 is 11.8 Å². The molecule has 0 bridgehead atoms. The van der Waals surface area contributed by atoms with Crippen molar-refractivity contribution in [1.82, 2.24) is 9.78 Å². The van der Waals surface area contributed by atoms with E-state index < -0.39 is 0 Å². The fraction of sp³-hybridized carbons (Fsp3) is 0.118. The summed E-state index contributed by atoms with van der Waals surface area (Å²) in [4.78, 5) is 1.35. The quantitative estimate of drug-likeness (QED) is 0.656. The number of nitrogens with zero attached hydrogens (tertiary/aromatic N) is 2. The van der Waals surface area contributed by atoms with E-state index in [9.17, 15) is 0 Å². The van der Waals surface area contributed by atoms with Gasteiger partial charge in [0, 0.05) is 23.0 Å². The smallest absolute Gasteiger partial charge is 0.0645 e. The third-order valence-electron chi connectivity index (χ3n) is 3.19. The van der Waals surface area contributed by atoms with Gasteiger partial charge in [-0.1, -0.05) is 30.3 Å². The van der Waals surface area contributed by atoms with Crippen molar-refractivity contribution in [3.05, 3.63) is 78.1 Å². The lowest BCUT2D eigenvalue weighted by Gasteiger charge is -2.06.